The van der Waals surface area contributed by atoms with Gasteiger partial charge in [-0.05, 0) is 31.9 Å². The van der Waals surface area contributed by atoms with Crippen molar-refractivity contribution in [3.63, 3.8) is 0 Å². The number of para-hydroxylation sites is 1. The molecule has 0 radical (unpaired) electrons. The van der Waals surface area contributed by atoms with E-state index in [0.717, 1.165) is 30.6 Å². The number of hydrogen-bond donors (Lipinski definition) is 2. The fourth-order valence-corrected chi connectivity index (χ4v) is 5.01. The van der Waals surface area contributed by atoms with Gasteiger partial charge in [0.25, 0.3) is 0 Å². The maximum absolute atomic E-state index is 13.2. The Balaban J connectivity index is 1.52. The second-order valence-electron chi connectivity index (χ2n) is 7.25. The van der Waals surface area contributed by atoms with Crippen molar-refractivity contribution in [2.45, 2.75) is 37.4 Å². The molecule has 1 aromatic carbocycles. The van der Waals surface area contributed by atoms with Crippen molar-refractivity contribution in [3.8, 4) is 0 Å². The van der Waals surface area contributed by atoms with Crippen molar-refractivity contribution in [1.29, 1.82) is 0 Å². The number of nitrogens with zero attached hydrogens (tertiary/aromatic N) is 2. The highest BCUT2D eigenvalue weighted by Gasteiger charge is 2.65. The topological polar surface area (TPSA) is 87.5 Å². The number of anilines is 1. The van der Waals surface area contributed by atoms with Gasteiger partial charge in [0, 0.05) is 23.4 Å². The number of rotatable bonds is 3. The molecule has 0 unspecified atom stereocenters. The van der Waals surface area contributed by atoms with Crippen LogP contribution in [0.15, 0.2) is 41.1 Å². The summed E-state index contributed by atoms with van der Waals surface area (Å²) in [6.45, 7) is 1.15. The number of amides is 2. The molecule has 2 N–H and O–H groups in total. The standard InChI is InChI=1S/C19H20N4O3/c24-17(20-11-12-7-9-26-22-12)15-10-13-4-3-8-23(13)19(15)14-5-1-2-6-16(14)21-18(19)25/h1-2,5-7,9,13,15H,3-4,8,10-11H2,(H,20,24)(H,21,25)/t13-,15-,19+/m1/s1. The lowest BCUT2D eigenvalue weighted by molar-refractivity contribution is -0.137. The normalized spacial score (nSPS) is 29.6. The Morgan fingerprint density at radius 3 is 3.12 bits per heavy atom. The Morgan fingerprint density at radius 1 is 1.38 bits per heavy atom. The van der Waals surface area contributed by atoms with Crippen molar-refractivity contribution in [1.82, 2.24) is 15.4 Å². The maximum Gasteiger partial charge on any atom is 0.250 e. The molecular formula is C19H20N4O3. The molecule has 4 heterocycles. The average molecular weight is 352 g/mol. The number of carbonyl (C=O) groups excluding carboxylic acids is 2. The summed E-state index contributed by atoms with van der Waals surface area (Å²) in [5, 5.41) is 9.79. The largest absolute Gasteiger partial charge is 0.364 e. The Labute approximate surface area is 150 Å². The lowest BCUT2D eigenvalue weighted by Gasteiger charge is -2.36. The van der Waals surface area contributed by atoms with E-state index in [2.05, 4.69) is 20.7 Å². The van der Waals surface area contributed by atoms with Gasteiger partial charge in [-0.2, -0.15) is 0 Å². The summed E-state index contributed by atoms with van der Waals surface area (Å²) >= 11 is 0. The number of fused-ring (bicyclic) bond motifs is 4. The first-order valence-corrected chi connectivity index (χ1v) is 9.06. The Bertz CT molecular complexity index is 865. The zero-order chi connectivity index (χ0) is 17.7. The minimum absolute atomic E-state index is 0.0790. The van der Waals surface area contributed by atoms with E-state index in [1.807, 2.05) is 24.3 Å². The van der Waals surface area contributed by atoms with Crippen LogP contribution in [0.3, 0.4) is 0 Å². The molecule has 5 rings (SSSR count). The zero-order valence-electron chi connectivity index (χ0n) is 14.3. The first-order valence-electron chi connectivity index (χ1n) is 9.06. The second-order valence-corrected chi connectivity index (χ2v) is 7.25. The molecule has 3 atom stereocenters. The third-order valence-electron chi connectivity index (χ3n) is 6.03. The van der Waals surface area contributed by atoms with Gasteiger partial charge in [0.1, 0.15) is 17.5 Å². The van der Waals surface area contributed by atoms with Gasteiger partial charge in [-0.25, -0.2) is 0 Å². The molecule has 3 aliphatic heterocycles. The van der Waals surface area contributed by atoms with E-state index in [0.29, 0.717) is 18.7 Å². The molecule has 26 heavy (non-hydrogen) atoms. The Morgan fingerprint density at radius 2 is 2.27 bits per heavy atom. The van der Waals surface area contributed by atoms with Gasteiger partial charge in [-0.15, -0.1) is 0 Å². The molecule has 2 saturated heterocycles. The van der Waals surface area contributed by atoms with Crippen LogP contribution in [0.4, 0.5) is 5.69 Å². The number of benzene rings is 1. The first kappa shape index (κ1) is 15.6. The van der Waals surface area contributed by atoms with Gasteiger partial charge in [-0.1, -0.05) is 23.4 Å². The summed E-state index contributed by atoms with van der Waals surface area (Å²) in [6.07, 6.45) is 4.28. The van der Waals surface area contributed by atoms with E-state index in [9.17, 15) is 9.59 Å². The summed E-state index contributed by atoms with van der Waals surface area (Å²) in [7, 11) is 0. The molecule has 3 aliphatic rings. The van der Waals surface area contributed by atoms with Gasteiger partial charge < -0.3 is 15.2 Å². The molecule has 0 aliphatic carbocycles. The van der Waals surface area contributed by atoms with Crippen LogP contribution in [0.25, 0.3) is 0 Å². The number of carbonyl (C=O) groups is 2. The molecule has 1 spiro atoms. The van der Waals surface area contributed by atoms with Crippen LogP contribution < -0.4 is 10.6 Å². The molecule has 7 nitrogen and oxygen atoms in total. The molecule has 7 heteroatoms. The maximum atomic E-state index is 13.2. The van der Waals surface area contributed by atoms with Crippen molar-refractivity contribution in [2.24, 2.45) is 5.92 Å². The lowest BCUT2D eigenvalue weighted by atomic mass is 9.78. The van der Waals surface area contributed by atoms with Crippen LogP contribution in [0.5, 0.6) is 0 Å². The van der Waals surface area contributed by atoms with Gasteiger partial charge in [0.05, 0.1) is 12.5 Å². The van der Waals surface area contributed by atoms with Gasteiger partial charge in [0.2, 0.25) is 11.8 Å². The van der Waals surface area contributed by atoms with Crippen molar-refractivity contribution in [3.05, 3.63) is 47.9 Å². The van der Waals surface area contributed by atoms with Gasteiger partial charge in [0.15, 0.2) is 0 Å². The Kier molecular flexibility index (Phi) is 3.40. The van der Waals surface area contributed by atoms with Gasteiger partial charge in [-0.3, -0.25) is 14.5 Å². The number of hydrogen-bond acceptors (Lipinski definition) is 5. The predicted octanol–water partition coefficient (Wildman–Crippen LogP) is 1.62. The monoisotopic (exact) mass is 352 g/mol. The summed E-state index contributed by atoms with van der Waals surface area (Å²) in [6, 6.07) is 9.74. The first-order chi connectivity index (χ1) is 12.7. The molecule has 134 valence electrons. The minimum Gasteiger partial charge on any atom is -0.364 e. The van der Waals surface area contributed by atoms with Crippen molar-refractivity contribution in [2.75, 3.05) is 11.9 Å². The van der Waals surface area contributed by atoms with Crippen molar-refractivity contribution >= 4 is 17.5 Å². The van der Waals surface area contributed by atoms with E-state index >= 15 is 0 Å². The Hall–Kier alpha value is -2.67. The fraction of sp³-hybridized carbons (Fsp3) is 0.421. The molecule has 0 saturated carbocycles. The van der Waals surface area contributed by atoms with E-state index < -0.39 is 11.5 Å². The molecule has 2 amide bonds. The smallest absolute Gasteiger partial charge is 0.250 e. The van der Waals surface area contributed by atoms with Crippen LogP contribution in [0.2, 0.25) is 0 Å². The average Bonchev–Trinajstić information content (AvgIpc) is 3.39. The molecule has 0 bridgehead atoms. The number of nitrogens with one attached hydrogen (secondary N) is 2. The molecule has 1 aromatic heterocycles. The summed E-state index contributed by atoms with van der Waals surface area (Å²) in [5.41, 5.74) is 1.52. The number of aromatic nitrogens is 1. The highest BCUT2D eigenvalue weighted by molar-refractivity contribution is 6.09. The fourth-order valence-electron chi connectivity index (χ4n) is 5.01. The van der Waals surface area contributed by atoms with E-state index in [1.54, 1.807) is 6.07 Å². The predicted molar refractivity (Wildman–Crippen MR) is 92.9 cm³/mol. The lowest BCUT2D eigenvalue weighted by Crippen LogP contribution is -2.54. The van der Waals surface area contributed by atoms with Crippen LogP contribution in [0.1, 0.15) is 30.5 Å². The highest BCUT2D eigenvalue weighted by Crippen LogP contribution is 2.55. The minimum atomic E-state index is -0.897. The molecular weight excluding hydrogens is 332 g/mol. The molecule has 2 fully saturated rings. The molecule has 2 aromatic rings. The SMILES string of the molecule is O=C(NCc1ccon1)[C@H]1C[C@H]2CCCN2[C@]12C(=O)Nc1ccccc12. The van der Waals surface area contributed by atoms with Crippen molar-refractivity contribution < 1.29 is 14.1 Å². The van der Waals surface area contributed by atoms with E-state index in [4.69, 9.17) is 4.52 Å². The van der Waals surface area contributed by atoms with Crippen LogP contribution >= 0.6 is 0 Å². The zero-order valence-corrected chi connectivity index (χ0v) is 14.3. The van der Waals surface area contributed by atoms with Crippen LogP contribution in [-0.2, 0) is 21.7 Å². The van der Waals surface area contributed by atoms with Gasteiger partial charge >= 0.3 is 0 Å². The summed E-state index contributed by atoms with van der Waals surface area (Å²) in [4.78, 5) is 28.6. The summed E-state index contributed by atoms with van der Waals surface area (Å²) < 4.78 is 4.82. The van der Waals surface area contributed by atoms with E-state index in [1.165, 1.54) is 6.26 Å². The third kappa shape index (κ3) is 2.00. The van der Waals surface area contributed by atoms with Crippen LogP contribution in [0, 0.1) is 5.92 Å². The van der Waals surface area contributed by atoms with E-state index in [-0.39, 0.29) is 17.9 Å². The summed E-state index contributed by atoms with van der Waals surface area (Å²) in [5.74, 6) is -0.595. The quantitative estimate of drug-likeness (QED) is 0.877. The third-order valence-corrected chi connectivity index (χ3v) is 6.03. The second kappa shape index (κ2) is 5.67. The highest BCUT2D eigenvalue weighted by atomic mass is 16.5. The van der Waals surface area contributed by atoms with Crippen LogP contribution in [-0.4, -0.2) is 34.5 Å².